The summed E-state index contributed by atoms with van der Waals surface area (Å²) in [6, 6.07) is 5.44. The van der Waals surface area contributed by atoms with Gasteiger partial charge in [0, 0.05) is 19.6 Å². The molecule has 1 aromatic rings. The fourth-order valence-corrected chi connectivity index (χ4v) is 2.71. The van der Waals surface area contributed by atoms with Gasteiger partial charge in [-0.05, 0) is 30.2 Å². The summed E-state index contributed by atoms with van der Waals surface area (Å²) in [5.74, 6) is 0.364. The molecule has 0 spiro atoms. The molecule has 1 heterocycles. The number of carbonyl (C=O) groups is 1. The van der Waals surface area contributed by atoms with Gasteiger partial charge in [0.15, 0.2) is 0 Å². The van der Waals surface area contributed by atoms with E-state index in [1.165, 1.54) is 24.3 Å². The largest absolute Gasteiger partial charge is 0.491 e. The highest BCUT2D eigenvalue weighted by atomic mass is 19.1. The average molecular weight is 310 g/mol. The first-order valence-electron chi connectivity index (χ1n) is 7.55. The molecule has 2 rings (SSSR count). The van der Waals surface area contributed by atoms with Crippen LogP contribution < -0.4 is 10.1 Å². The fraction of sp³-hybridized carbons (Fsp3) is 0.562. The first kappa shape index (κ1) is 16.7. The monoisotopic (exact) mass is 310 g/mol. The molecule has 1 aromatic carbocycles. The fourth-order valence-electron chi connectivity index (χ4n) is 2.71. The molecule has 1 aliphatic heterocycles. The molecule has 0 saturated carbocycles. The third kappa shape index (κ3) is 4.42. The van der Waals surface area contributed by atoms with E-state index in [1.54, 1.807) is 0 Å². The first-order chi connectivity index (χ1) is 10.5. The molecule has 1 amide bonds. The molecule has 22 heavy (non-hydrogen) atoms. The van der Waals surface area contributed by atoms with Crippen molar-refractivity contribution >= 4 is 5.91 Å². The smallest absolute Gasteiger partial charge is 0.237 e. The van der Waals surface area contributed by atoms with Crippen LogP contribution in [0.15, 0.2) is 24.3 Å². The Kier molecular flexibility index (Phi) is 5.74. The number of amides is 1. The van der Waals surface area contributed by atoms with Crippen LogP contribution in [0.2, 0.25) is 0 Å². The topological polar surface area (TPSA) is 61.8 Å². The van der Waals surface area contributed by atoms with Crippen molar-refractivity contribution in [2.24, 2.45) is 5.92 Å². The van der Waals surface area contributed by atoms with Crippen molar-refractivity contribution in [3.05, 3.63) is 30.1 Å². The molecule has 5 nitrogen and oxygen atoms in total. The molecule has 6 heteroatoms. The van der Waals surface area contributed by atoms with Crippen molar-refractivity contribution in [3.63, 3.8) is 0 Å². The molecular weight excluding hydrogens is 287 g/mol. The predicted octanol–water partition coefficient (Wildman–Crippen LogP) is 1.02. The summed E-state index contributed by atoms with van der Waals surface area (Å²) in [6.07, 6.45) is -0.711. The second kappa shape index (κ2) is 7.56. The van der Waals surface area contributed by atoms with Gasteiger partial charge < -0.3 is 15.2 Å². The zero-order valence-corrected chi connectivity index (χ0v) is 13.0. The normalized spacial score (nSPS) is 20.8. The van der Waals surface area contributed by atoms with E-state index in [2.05, 4.69) is 5.32 Å². The SMILES string of the molecule is CC(C)C1C(=O)NCCN1CC(O)COc1ccc(F)cc1. The summed E-state index contributed by atoms with van der Waals surface area (Å²) in [5, 5.41) is 13.0. The Labute approximate surface area is 130 Å². The number of rotatable bonds is 6. The predicted molar refractivity (Wildman–Crippen MR) is 81.1 cm³/mol. The van der Waals surface area contributed by atoms with Crippen LogP contribution in [-0.4, -0.2) is 54.3 Å². The summed E-state index contributed by atoms with van der Waals surface area (Å²) < 4.78 is 18.2. The second-order valence-corrected chi connectivity index (χ2v) is 5.89. The van der Waals surface area contributed by atoms with Crippen LogP contribution in [-0.2, 0) is 4.79 Å². The number of halogens is 1. The number of aliphatic hydroxyl groups excluding tert-OH is 1. The van der Waals surface area contributed by atoms with Gasteiger partial charge in [0.2, 0.25) is 5.91 Å². The molecule has 0 aliphatic carbocycles. The van der Waals surface area contributed by atoms with E-state index in [0.29, 0.717) is 25.4 Å². The Balaban J connectivity index is 1.86. The molecule has 2 atom stereocenters. The quantitative estimate of drug-likeness (QED) is 0.823. The van der Waals surface area contributed by atoms with Crippen LogP contribution in [0.5, 0.6) is 5.75 Å². The molecule has 2 unspecified atom stereocenters. The van der Waals surface area contributed by atoms with Crippen LogP contribution in [0.1, 0.15) is 13.8 Å². The third-order valence-corrected chi connectivity index (χ3v) is 3.69. The molecule has 1 saturated heterocycles. The number of carbonyl (C=O) groups excluding carboxylic acids is 1. The molecule has 0 bridgehead atoms. The van der Waals surface area contributed by atoms with Crippen molar-refractivity contribution in [2.45, 2.75) is 26.0 Å². The van der Waals surface area contributed by atoms with E-state index in [-0.39, 0.29) is 30.3 Å². The molecule has 1 aliphatic rings. The highest BCUT2D eigenvalue weighted by Crippen LogP contribution is 2.15. The lowest BCUT2D eigenvalue weighted by molar-refractivity contribution is -0.131. The van der Waals surface area contributed by atoms with Gasteiger partial charge in [-0.2, -0.15) is 0 Å². The number of benzene rings is 1. The van der Waals surface area contributed by atoms with Crippen molar-refractivity contribution < 1.29 is 19.0 Å². The molecule has 0 aromatic heterocycles. The van der Waals surface area contributed by atoms with E-state index < -0.39 is 6.10 Å². The molecular formula is C16H23FN2O3. The van der Waals surface area contributed by atoms with E-state index in [4.69, 9.17) is 4.74 Å². The van der Waals surface area contributed by atoms with Gasteiger partial charge >= 0.3 is 0 Å². The molecule has 2 N–H and O–H groups in total. The number of nitrogens with one attached hydrogen (secondary N) is 1. The van der Waals surface area contributed by atoms with Crippen LogP contribution >= 0.6 is 0 Å². The summed E-state index contributed by atoms with van der Waals surface area (Å²) in [6.45, 7) is 5.76. The Morgan fingerprint density at radius 2 is 2.09 bits per heavy atom. The molecule has 0 radical (unpaired) electrons. The number of hydrogen-bond donors (Lipinski definition) is 2. The van der Waals surface area contributed by atoms with Gasteiger partial charge in [0.05, 0.1) is 6.04 Å². The zero-order chi connectivity index (χ0) is 16.1. The van der Waals surface area contributed by atoms with E-state index >= 15 is 0 Å². The summed E-state index contributed by atoms with van der Waals surface area (Å²) in [5.41, 5.74) is 0. The lowest BCUT2D eigenvalue weighted by Gasteiger charge is -2.38. The van der Waals surface area contributed by atoms with Crippen molar-refractivity contribution in [1.29, 1.82) is 0 Å². The van der Waals surface area contributed by atoms with Crippen molar-refractivity contribution in [3.8, 4) is 5.75 Å². The minimum Gasteiger partial charge on any atom is -0.491 e. The van der Waals surface area contributed by atoms with Crippen molar-refractivity contribution in [2.75, 3.05) is 26.2 Å². The maximum absolute atomic E-state index is 12.8. The first-order valence-corrected chi connectivity index (χ1v) is 7.55. The second-order valence-electron chi connectivity index (χ2n) is 5.89. The van der Waals surface area contributed by atoms with Gasteiger partial charge in [-0.1, -0.05) is 13.8 Å². The van der Waals surface area contributed by atoms with Crippen LogP contribution in [0, 0.1) is 11.7 Å². The summed E-state index contributed by atoms with van der Waals surface area (Å²) in [4.78, 5) is 13.9. The Morgan fingerprint density at radius 3 is 2.73 bits per heavy atom. The van der Waals surface area contributed by atoms with Gasteiger partial charge in [0.1, 0.15) is 24.3 Å². The number of piperazine rings is 1. The zero-order valence-electron chi connectivity index (χ0n) is 13.0. The third-order valence-electron chi connectivity index (χ3n) is 3.69. The Bertz CT molecular complexity index is 493. The maximum Gasteiger partial charge on any atom is 0.237 e. The van der Waals surface area contributed by atoms with Crippen LogP contribution in [0.3, 0.4) is 0 Å². The highest BCUT2D eigenvalue weighted by molar-refractivity contribution is 5.82. The van der Waals surface area contributed by atoms with Gasteiger partial charge in [-0.15, -0.1) is 0 Å². The van der Waals surface area contributed by atoms with E-state index in [9.17, 15) is 14.3 Å². The van der Waals surface area contributed by atoms with Gasteiger partial charge in [-0.3, -0.25) is 9.69 Å². The molecule has 1 fully saturated rings. The van der Waals surface area contributed by atoms with E-state index in [0.717, 1.165) is 0 Å². The minimum absolute atomic E-state index is 0.00732. The van der Waals surface area contributed by atoms with Crippen molar-refractivity contribution in [1.82, 2.24) is 10.2 Å². The number of nitrogens with zero attached hydrogens (tertiary/aromatic N) is 1. The van der Waals surface area contributed by atoms with Gasteiger partial charge in [-0.25, -0.2) is 4.39 Å². The number of β-amino-alcohol motifs (C(OH)–C–C–N with tert-alkyl or cyclic N) is 1. The summed E-state index contributed by atoms with van der Waals surface area (Å²) >= 11 is 0. The van der Waals surface area contributed by atoms with Crippen LogP contribution in [0.4, 0.5) is 4.39 Å². The van der Waals surface area contributed by atoms with E-state index in [1.807, 2.05) is 18.7 Å². The maximum atomic E-state index is 12.8. The summed E-state index contributed by atoms with van der Waals surface area (Å²) in [7, 11) is 0. The average Bonchev–Trinajstić information content (AvgIpc) is 2.46. The highest BCUT2D eigenvalue weighted by Gasteiger charge is 2.33. The Hall–Kier alpha value is -1.66. The number of ether oxygens (including phenoxy) is 1. The van der Waals surface area contributed by atoms with Gasteiger partial charge in [0.25, 0.3) is 0 Å². The number of aliphatic hydroxyl groups is 1. The minimum atomic E-state index is -0.711. The Morgan fingerprint density at radius 1 is 1.41 bits per heavy atom. The number of hydrogen-bond acceptors (Lipinski definition) is 4. The standard InChI is InChI=1S/C16H23FN2O3/c1-11(2)15-16(21)18-7-8-19(15)9-13(20)10-22-14-5-3-12(17)4-6-14/h3-6,11,13,15,20H,7-10H2,1-2H3,(H,18,21). The van der Waals surface area contributed by atoms with Crippen LogP contribution in [0.25, 0.3) is 0 Å². The lowest BCUT2D eigenvalue weighted by atomic mass is 9.99. The lowest BCUT2D eigenvalue weighted by Crippen LogP contribution is -2.59. The molecule has 122 valence electrons.